The molecule has 1 amide bonds. The zero-order valence-electron chi connectivity index (χ0n) is 10.8. The molecule has 0 aromatic heterocycles. The van der Waals surface area contributed by atoms with Crippen LogP contribution < -0.4 is 11.1 Å². The average Bonchev–Trinajstić information content (AvgIpc) is 2.32. The van der Waals surface area contributed by atoms with Crippen molar-refractivity contribution in [3.05, 3.63) is 29.8 Å². The number of benzene rings is 1. The van der Waals surface area contributed by atoms with Crippen molar-refractivity contribution in [2.45, 2.75) is 38.8 Å². The lowest BCUT2D eigenvalue weighted by Gasteiger charge is -2.49. The number of carbonyl (C=O) groups excluding carboxylic acids is 1. The maximum Gasteiger partial charge on any atom is 0.224 e. The van der Waals surface area contributed by atoms with Gasteiger partial charge in [-0.1, -0.05) is 26.0 Å². The molecule has 0 aliphatic heterocycles. The molecular weight excluding hydrogens is 228 g/mol. The Hall–Kier alpha value is -1.55. The van der Waals surface area contributed by atoms with E-state index >= 15 is 0 Å². The van der Waals surface area contributed by atoms with Gasteiger partial charge in [0.2, 0.25) is 5.91 Å². The fourth-order valence-corrected chi connectivity index (χ4v) is 2.21. The molecule has 0 bridgehead atoms. The average molecular weight is 248 g/mol. The predicted molar refractivity (Wildman–Crippen MR) is 70.9 cm³/mol. The van der Waals surface area contributed by atoms with Gasteiger partial charge in [0.05, 0.1) is 12.5 Å². The van der Waals surface area contributed by atoms with Gasteiger partial charge in [-0.25, -0.2) is 0 Å². The summed E-state index contributed by atoms with van der Waals surface area (Å²) in [5, 5.41) is 12.6. The molecule has 0 heterocycles. The molecule has 0 saturated heterocycles. The van der Waals surface area contributed by atoms with Crippen LogP contribution in [0.25, 0.3) is 0 Å². The first-order chi connectivity index (χ1) is 8.39. The number of rotatable bonds is 3. The van der Waals surface area contributed by atoms with Gasteiger partial charge in [0.1, 0.15) is 0 Å². The minimum Gasteiger partial charge on any atom is -0.399 e. The van der Waals surface area contributed by atoms with Gasteiger partial charge in [0, 0.05) is 17.1 Å². The molecule has 2 unspecified atom stereocenters. The molecule has 18 heavy (non-hydrogen) atoms. The molecule has 1 fully saturated rings. The molecule has 4 heteroatoms. The fraction of sp³-hybridized carbons (Fsp3) is 0.500. The lowest BCUT2D eigenvalue weighted by molar-refractivity contribution is -0.128. The Bertz CT molecular complexity index is 440. The highest BCUT2D eigenvalue weighted by molar-refractivity contribution is 5.79. The molecule has 1 aliphatic carbocycles. The largest absolute Gasteiger partial charge is 0.399 e. The van der Waals surface area contributed by atoms with Crippen molar-refractivity contribution >= 4 is 11.6 Å². The van der Waals surface area contributed by atoms with Crippen molar-refractivity contribution < 1.29 is 9.90 Å². The Morgan fingerprint density at radius 2 is 2.06 bits per heavy atom. The van der Waals surface area contributed by atoms with Gasteiger partial charge in [-0.05, 0) is 24.1 Å². The number of hydrogen-bond acceptors (Lipinski definition) is 3. The number of aliphatic hydroxyl groups is 1. The first kappa shape index (κ1) is 12.9. The highest BCUT2D eigenvalue weighted by Crippen LogP contribution is 2.40. The third-order valence-corrected chi connectivity index (χ3v) is 3.90. The summed E-state index contributed by atoms with van der Waals surface area (Å²) < 4.78 is 0. The van der Waals surface area contributed by atoms with Crippen molar-refractivity contribution in [2.75, 3.05) is 5.73 Å². The number of aliphatic hydroxyl groups excluding tert-OH is 1. The molecule has 2 rings (SSSR count). The normalized spacial score (nSPS) is 25.3. The van der Waals surface area contributed by atoms with Gasteiger partial charge in [-0.3, -0.25) is 4.79 Å². The van der Waals surface area contributed by atoms with E-state index in [4.69, 9.17) is 5.73 Å². The second-order valence-corrected chi connectivity index (χ2v) is 5.61. The monoisotopic (exact) mass is 248 g/mol. The maximum absolute atomic E-state index is 11.9. The third-order valence-electron chi connectivity index (χ3n) is 3.90. The number of amides is 1. The molecule has 4 N–H and O–H groups in total. The van der Waals surface area contributed by atoms with E-state index in [0.29, 0.717) is 18.5 Å². The molecule has 0 spiro atoms. The summed E-state index contributed by atoms with van der Waals surface area (Å²) in [5.41, 5.74) is 7.01. The van der Waals surface area contributed by atoms with E-state index in [9.17, 15) is 9.90 Å². The van der Waals surface area contributed by atoms with Crippen LogP contribution in [-0.2, 0) is 11.2 Å². The molecule has 0 radical (unpaired) electrons. The van der Waals surface area contributed by atoms with Crippen LogP contribution in [0.2, 0.25) is 0 Å². The van der Waals surface area contributed by atoms with E-state index in [1.807, 2.05) is 26.0 Å². The minimum atomic E-state index is -0.320. The number of hydrogen-bond donors (Lipinski definition) is 3. The molecule has 98 valence electrons. The summed E-state index contributed by atoms with van der Waals surface area (Å²) in [6.45, 7) is 3.94. The first-order valence-corrected chi connectivity index (χ1v) is 6.21. The number of anilines is 1. The van der Waals surface area contributed by atoms with Crippen LogP contribution in [0.15, 0.2) is 24.3 Å². The minimum absolute atomic E-state index is 0.00949. The number of nitrogens with one attached hydrogen (secondary N) is 1. The second-order valence-electron chi connectivity index (χ2n) is 5.61. The van der Waals surface area contributed by atoms with E-state index in [2.05, 4.69) is 5.32 Å². The Balaban J connectivity index is 1.88. The standard InChI is InChI=1S/C14H20N2O2/c1-14(2)11(8-12(14)17)16-13(18)7-9-3-5-10(15)6-4-9/h3-6,11-12,17H,7-8,15H2,1-2H3,(H,16,18). The summed E-state index contributed by atoms with van der Waals surface area (Å²) in [7, 11) is 0. The predicted octanol–water partition coefficient (Wildman–Crippen LogP) is 1.09. The van der Waals surface area contributed by atoms with E-state index in [-0.39, 0.29) is 23.5 Å². The molecule has 1 aliphatic rings. The fourth-order valence-electron chi connectivity index (χ4n) is 2.21. The van der Waals surface area contributed by atoms with Crippen LogP contribution in [0.1, 0.15) is 25.8 Å². The summed E-state index contributed by atoms with van der Waals surface area (Å²) in [6, 6.07) is 7.36. The van der Waals surface area contributed by atoms with Crippen molar-refractivity contribution in [3.8, 4) is 0 Å². The lowest BCUT2D eigenvalue weighted by atomic mass is 9.64. The summed E-state index contributed by atoms with van der Waals surface area (Å²) in [6.07, 6.45) is 0.669. The second kappa shape index (κ2) is 4.61. The molecule has 1 aromatic rings. The van der Waals surface area contributed by atoms with Crippen LogP contribution in [0.4, 0.5) is 5.69 Å². The van der Waals surface area contributed by atoms with Crippen LogP contribution in [0, 0.1) is 5.41 Å². The smallest absolute Gasteiger partial charge is 0.224 e. The third kappa shape index (κ3) is 2.48. The lowest BCUT2D eigenvalue weighted by Crippen LogP contribution is -2.61. The van der Waals surface area contributed by atoms with Gasteiger partial charge in [0.15, 0.2) is 0 Å². The van der Waals surface area contributed by atoms with Gasteiger partial charge in [-0.15, -0.1) is 0 Å². The van der Waals surface area contributed by atoms with Gasteiger partial charge >= 0.3 is 0 Å². The number of nitrogen functional groups attached to an aromatic ring is 1. The summed E-state index contributed by atoms with van der Waals surface area (Å²) in [4.78, 5) is 11.9. The number of nitrogens with two attached hydrogens (primary N) is 1. The topological polar surface area (TPSA) is 75.3 Å². The molecule has 2 atom stereocenters. The summed E-state index contributed by atoms with van der Waals surface area (Å²) in [5.74, 6) is -0.00949. The van der Waals surface area contributed by atoms with Gasteiger partial charge < -0.3 is 16.2 Å². The SMILES string of the molecule is CC1(C)C(O)CC1NC(=O)Cc1ccc(N)cc1. The van der Waals surface area contributed by atoms with Crippen LogP contribution >= 0.6 is 0 Å². The van der Waals surface area contributed by atoms with Crippen LogP contribution in [0.5, 0.6) is 0 Å². The zero-order valence-corrected chi connectivity index (χ0v) is 10.8. The molecule has 1 aromatic carbocycles. The maximum atomic E-state index is 11.9. The Kier molecular flexibility index (Phi) is 3.30. The molecule has 4 nitrogen and oxygen atoms in total. The molecular formula is C14H20N2O2. The zero-order chi connectivity index (χ0) is 13.3. The van der Waals surface area contributed by atoms with E-state index in [1.54, 1.807) is 12.1 Å². The van der Waals surface area contributed by atoms with E-state index in [1.165, 1.54) is 0 Å². The van der Waals surface area contributed by atoms with Crippen molar-refractivity contribution in [2.24, 2.45) is 5.41 Å². The Morgan fingerprint density at radius 1 is 1.44 bits per heavy atom. The van der Waals surface area contributed by atoms with Crippen LogP contribution in [-0.4, -0.2) is 23.2 Å². The van der Waals surface area contributed by atoms with Crippen molar-refractivity contribution in [3.63, 3.8) is 0 Å². The van der Waals surface area contributed by atoms with Crippen molar-refractivity contribution in [1.29, 1.82) is 0 Å². The Labute approximate surface area is 107 Å². The Morgan fingerprint density at radius 3 is 2.56 bits per heavy atom. The van der Waals surface area contributed by atoms with E-state index < -0.39 is 0 Å². The van der Waals surface area contributed by atoms with Gasteiger partial charge in [0.25, 0.3) is 0 Å². The summed E-state index contributed by atoms with van der Waals surface area (Å²) >= 11 is 0. The van der Waals surface area contributed by atoms with Crippen LogP contribution in [0.3, 0.4) is 0 Å². The number of carbonyl (C=O) groups is 1. The van der Waals surface area contributed by atoms with E-state index in [0.717, 1.165) is 5.56 Å². The first-order valence-electron chi connectivity index (χ1n) is 6.21. The molecule has 1 saturated carbocycles. The highest BCUT2D eigenvalue weighted by atomic mass is 16.3. The quantitative estimate of drug-likeness (QED) is 0.701. The van der Waals surface area contributed by atoms with Crippen molar-refractivity contribution in [1.82, 2.24) is 5.32 Å². The highest BCUT2D eigenvalue weighted by Gasteiger charge is 2.47. The van der Waals surface area contributed by atoms with Gasteiger partial charge in [-0.2, -0.15) is 0 Å².